The van der Waals surface area contributed by atoms with Gasteiger partial charge >= 0.3 is 0 Å². The topological polar surface area (TPSA) is 25.2 Å². The zero-order valence-electron chi connectivity index (χ0n) is 8.05. The highest BCUT2D eigenvalue weighted by Crippen LogP contribution is 2.20. The van der Waals surface area contributed by atoms with Gasteiger partial charge in [-0.3, -0.25) is 0 Å². The van der Waals surface area contributed by atoms with Crippen molar-refractivity contribution in [2.24, 2.45) is 5.41 Å². The Hall–Kier alpha value is -0.760. The maximum Gasteiger partial charge on any atom is 0.0934 e. The number of rotatable bonds is 4. The molecule has 0 fully saturated rings. The van der Waals surface area contributed by atoms with Crippen molar-refractivity contribution in [3.8, 4) is 0 Å². The van der Waals surface area contributed by atoms with Gasteiger partial charge in [0, 0.05) is 6.54 Å². The average molecular weight is 167 g/mol. The highest BCUT2D eigenvalue weighted by Gasteiger charge is 2.17. The summed E-state index contributed by atoms with van der Waals surface area (Å²) < 4.78 is 5.02. The summed E-state index contributed by atoms with van der Waals surface area (Å²) in [7, 11) is 1.98. The van der Waals surface area contributed by atoms with Gasteiger partial charge in [-0.05, 0) is 30.5 Å². The monoisotopic (exact) mass is 167 g/mol. The van der Waals surface area contributed by atoms with Crippen LogP contribution in [0.2, 0.25) is 0 Å². The third kappa shape index (κ3) is 2.70. The van der Waals surface area contributed by atoms with E-state index in [9.17, 15) is 0 Å². The molecular formula is C10H17NO. The van der Waals surface area contributed by atoms with Gasteiger partial charge in [0.15, 0.2) is 0 Å². The fourth-order valence-corrected chi connectivity index (χ4v) is 1.49. The van der Waals surface area contributed by atoms with E-state index in [4.69, 9.17) is 4.42 Å². The van der Waals surface area contributed by atoms with E-state index in [0.717, 1.165) is 13.0 Å². The predicted molar refractivity (Wildman–Crippen MR) is 50.1 cm³/mol. The summed E-state index contributed by atoms with van der Waals surface area (Å²) in [5, 5.41) is 3.19. The summed E-state index contributed by atoms with van der Waals surface area (Å²) in [4.78, 5) is 0. The van der Waals surface area contributed by atoms with Crippen molar-refractivity contribution in [2.45, 2.75) is 20.3 Å². The smallest absolute Gasteiger partial charge is 0.0934 e. The van der Waals surface area contributed by atoms with Crippen molar-refractivity contribution in [2.75, 3.05) is 13.6 Å². The Balaban J connectivity index is 2.50. The molecule has 0 bridgehead atoms. The second-order valence-electron chi connectivity index (χ2n) is 4.00. The first-order chi connectivity index (χ1) is 5.64. The minimum absolute atomic E-state index is 0.304. The lowest BCUT2D eigenvalue weighted by Gasteiger charge is -2.23. The molecule has 0 spiro atoms. The van der Waals surface area contributed by atoms with Gasteiger partial charge in [0.2, 0.25) is 0 Å². The Morgan fingerprint density at radius 2 is 2.25 bits per heavy atom. The van der Waals surface area contributed by atoms with Gasteiger partial charge in [0.05, 0.1) is 12.5 Å². The Labute approximate surface area is 74.0 Å². The SMILES string of the molecule is CNCC(C)(C)Cc1ccoc1. The molecule has 0 atom stereocenters. The molecule has 1 rings (SSSR count). The zero-order valence-corrected chi connectivity index (χ0v) is 8.05. The van der Waals surface area contributed by atoms with E-state index in [0.29, 0.717) is 5.41 Å². The van der Waals surface area contributed by atoms with Crippen molar-refractivity contribution >= 4 is 0 Å². The number of nitrogens with one attached hydrogen (secondary N) is 1. The number of furan rings is 1. The minimum atomic E-state index is 0.304. The molecule has 0 saturated heterocycles. The molecule has 0 radical (unpaired) electrons. The van der Waals surface area contributed by atoms with Gasteiger partial charge in [0.1, 0.15) is 0 Å². The molecule has 68 valence electrons. The molecule has 0 amide bonds. The Kier molecular flexibility index (Phi) is 2.93. The molecule has 0 unspecified atom stereocenters. The van der Waals surface area contributed by atoms with Crippen molar-refractivity contribution in [3.05, 3.63) is 24.2 Å². The first-order valence-corrected chi connectivity index (χ1v) is 4.30. The summed E-state index contributed by atoms with van der Waals surface area (Å²) in [6.07, 6.45) is 4.60. The first-order valence-electron chi connectivity index (χ1n) is 4.30. The Bertz CT molecular complexity index is 214. The van der Waals surface area contributed by atoms with Crippen LogP contribution in [0.4, 0.5) is 0 Å². The summed E-state index contributed by atoms with van der Waals surface area (Å²) in [5.74, 6) is 0. The van der Waals surface area contributed by atoms with Gasteiger partial charge in [-0.15, -0.1) is 0 Å². The van der Waals surface area contributed by atoms with Crippen LogP contribution in [0.3, 0.4) is 0 Å². The van der Waals surface area contributed by atoms with E-state index in [-0.39, 0.29) is 0 Å². The van der Waals surface area contributed by atoms with E-state index in [1.807, 2.05) is 19.4 Å². The van der Waals surface area contributed by atoms with Gasteiger partial charge in [-0.25, -0.2) is 0 Å². The van der Waals surface area contributed by atoms with Crippen LogP contribution in [0.25, 0.3) is 0 Å². The van der Waals surface area contributed by atoms with Crippen LogP contribution in [-0.4, -0.2) is 13.6 Å². The van der Waals surface area contributed by atoms with E-state index in [1.165, 1.54) is 5.56 Å². The molecule has 0 aliphatic rings. The summed E-state index contributed by atoms with van der Waals surface area (Å²) >= 11 is 0. The Morgan fingerprint density at radius 1 is 1.50 bits per heavy atom. The standard InChI is InChI=1S/C10H17NO/c1-10(2,8-11-3)6-9-4-5-12-7-9/h4-5,7,11H,6,8H2,1-3H3. The van der Waals surface area contributed by atoms with Gasteiger partial charge in [0.25, 0.3) is 0 Å². The minimum Gasteiger partial charge on any atom is -0.472 e. The van der Waals surface area contributed by atoms with Crippen molar-refractivity contribution in [1.29, 1.82) is 0 Å². The highest BCUT2D eigenvalue weighted by atomic mass is 16.3. The molecule has 1 N–H and O–H groups in total. The molecule has 0 aromatic carbocycles. The van der Waals surface area contributed by atoms with Crippen LogP contribution in [-0.2, 0) is 6.42 Å². The molecule has 2 heteroatoms. The van der Waals surface area contributed by atoms with Gasteiger partial charge < -0.3 is 9.73 Å². The molecule has 0 aliphatic carbocycles. The lowest BCUT2D eigenvalue weighted by Crippen LogP contribution is -2.28. The van der Waals surface area contributed by atoms with Gasteiger partial charge in [-0.2, -0.15) is 0 Å². The van der Waals surface area contributed by atoms with Crippen LogP contribution in [0.5, 0.6) is 0 Å². The summed E-state index contributed by atoms with van der Waals surface area (Å²) in [5.41, 5.74) is 1.58. The maximum atomic E-state index is 5.02. The van der Waals surface area contributed by atoms with Crippen LogP contribution >= 0.6 is 0 Å². The third-order valence-corrected chi connectivity index (χ3v) is 1.92. The van der Waals surface area contributed by atoms with E-state index < -0.39 is 0 Å². The van der Waals surface area contributed by atoms with Crippen LogP contribution < -0.4 is 5.32 Å². The first kappa shape index (κ1) is 9.33. The molecule has 2 nitrogen and oxygen atoms in total. The van der Waals surface area contributed by atoms with Crippen molar-refractivity contribution < 1.29 is 4.42 Å². The van der Waals surface area contributed by atoms with Crippen LogP contribution in [0.15, 0.2) is 23.0 Å². The number of hydrogen-bond donors (Lipinski definition) is 1. The van der Waals surface area contributed by atoms with E-state index in [2.05, 4.69) is 19.2 Å². The molecular weight excluding hydrogens is 150 g/mol. The van der Waals surface area contributed by atoms with E-state index in [1.54, 1.807) is 6.26 Å². The van der Waals surface area contributed by atoms with Crippen LogP contribution in [0.1, 0.15) is 19.4 Å². The normalized spacial score (nSPS) is 11.9. The fourth-order valence-electron chi connectivity index (χ4n) is 1.49. The lowest BCUT2D eigenvalue weighted by atomic mass is 9.87. The molecule has 0 saturated carbocycles. The average Bonchev–Trinajstić information content (AvgIpc) is 2.38. The van der Waals surface area contributed by atoms with Gasteiger partial charge in [-0.1, -0.05) is 13.8 Å². The summed E-state index contributed by atoms with van der Waals surface area (Å²) in [6.45, 7) is 5.52. The molecule has 0 aliphatic heterocycles. The zero-order chi connectivity index (χ0) is 9.03. The fraction of sp³-hybridized carbons (Fsp3) is 0.600. The lowest BCUT2D eigenvalue weighted by molar-refractivity contribution is 0.348. The molecule has 1 aromatic rings. The molecule has 12 heavy (non-hydrogen) atoms. The number of hydrogen-bond acceptors (Lipinski definition) is 2. The second kappa shape index (κ2) is 3.76. The summed E-state index contributed by atoms with van der Waals surface area (Å²) in [6, 6.07) is 2.03. The highest BCUT2D eigenvalue weighted by molar-refractivity contribution is 5.07. The second-order valence-corrected chi connectivity index (χ2v) is 4.00. The third-order valence-electron chi connectivity index (χ3n) is 1.92. The largest absolute Gasteiger partial charge is 0.472 e. The predicted octanol–water partition coefficient (Wildman–Crippen LogP) is 2.07. The van der Waals surface area contributed by atoms with Crippen molar-refractivity contribution in [3.63, 3.8) is 0 Å². The maximum absolute atomic E-state index is 5.02. The quantitative estimate of drug-likeness (QED) is 0.742. The molecule has 1 heterocycles. The Morgan fingerprint density at radius 3 is 2.75 bits per heavy atom. The van der Waals surface area contributed by atoms with E-state index >= 15 is 0 Å². The van der Waals surface area contributed by atoms with Crippen molar-refractivity contribution in [1.82, 2.24) is 5.32 Å². The van der Waals surface area contributed by atoms with Crippen LogP contribution in [0, 0.1) is 5.41 Å². The molecule has 1 aromatic heterocycles.